The third-order valence-electron chi connectivity index (χ3n) is 5.58. The molecule has 10 nitrogen and oxygen atoms in total. The first-order valence-electron chi connectivity index (χ1n) is 9.38. The Morgan fingerprint density at radius 2 is 1.97 bits per heavy atom. The number of hydrogen-bond acceptors (Lipinski definition) is 9. The SMILES string of the molecule is COc1cnc(C(=O)NC2=CC=C(F)C([C@]3(C)CS(=O)(=O)C(C)(C)C(N)=N3)N2C)cn1. The van der Waals surface area contributed by atoms with Crippen molar-refractivity contribution in [3.8, 4) is 5.88 Å². The topological polar surface area (TPSA) is 140 Å². The van der Waals surface area contributed by atoms with Crippen molar-refractivity contribution in [2.75, 3.05) is 19.9 Å². The minimum Gasteiger partial charge on any atom is -0.480 e. The van der Waals surface area contributed by atoms with E-state index in [0.717, 1.165) is 0 Å². The molecule has 0 radical (unpaired) electrons. The van der Waals surface area contributed by atoms with Gasteiger partial charge >= 0.3 is 0 Å². The average molecular weight is 453 g/mol. The number of carbonyl (C=O) groups excluding carboxylic acids is 1. The average Bonchev–Trinajstić information content (AvgIpc) is 2.68. The number of ether oxygens (including phenoxy) is 1. The number of rotatable bonds is 4. The van der Waals surface area contributed by atoms with Gasteiger partial charge in [-0.3, -0.25) is 9.79 Å². The number of amides is 1. The summed E-state index contributed by atoms with van der Waals surface area (Å²) in [6, 6.07) is -1.10. The highest BCUT2D eigenvalue weighted by atomic mass is 32.2. The molecule has 31 heavy (non-hydrogen) atoms. The second kappa shape index (κ2) is 7.59. The van der Waals surface area contributed by atoms with Crippen molar-refractivity contribution in [1.82, 2.24) is 20.2 Å². The molecule has 1 unspecified atom stereocenters. The molecule has 2 aliphatic rings. The second-order valence-electron chi connectivity index (χ2n) is 8.14. The van der Waals surface area contributed by atoms with Crippen molar-refractivity contribution in [2.45, 2.75) is 37.1 Å². The lowest BCUT2D eigenvalue weighted by Gasteiger charge is -2.46. The molecule has 3 rings (SSSR count). The van der Waals surface area contributed by atoms with E-state index in [0.29, 0.717) is 0 Å². The molecule has 0 spiro atoms. The highest BCUT2D eigenvalue weighted by Gasteiger charge is 2.53. The zero-order chi connectivity index (χ0) is 23.2. The van der Waals surface area contributed by atoms with Crippen LogP contribution in [-0.2, 0) is 9.84 Å². The zero-order valence-electron chi connectivity index (χ0n) is 17.9. The number of aliphatic imine (C=N–C) groups is 1. The van der Waals surface area contributed by atoms with E-state index in [2.05, 4.69) is 20.3 Å². The zero-order valence-corrected chi connectivity index (χ0v) is 18.7. The number of amidine groups is 1. The fourth-order valence-electron chi connectivity index (χ4n) is 3.56. The van der Waals surface area contributed by atoms with Crippen LogP contribution in [-0.4, -0.2) is 71.3 Å². The Bertz CT molecular complexity index is 1100. The van der Waals surface area contributed by atoms with E-state index in [4.69, 9.17) is 10.5 Å². The van der Waals surface area contributed by atoms with E-state index >= 15 is 0 Å². The van der Waals surface area contributed by atoms with Crippen LogP contribution in [0.5, 0.6) is 5.88 Å². The van der Waals surface area contributed by atoms with E-state index in [-0.39, 0.29) is 23.2 Å². The summed E-state index contributed by atoms with van der Waals surface area (Å²) >= 11 is 0. The molecule has 12 heteroatoms. The summed E-state index contributed by atoms with van der Waals surface area (Å²) in [6.45, 7) is 4.47. The van der Waals surface area contributed by atoms with Gasteiger partial charge in [-0.25, -0.2) is 22.8 Å². The molecule has 3 heterocycles. The summed E-state index contributed by atoms with van der Waals surface area (Å²) in [5.74, 6) is -1.18. The summed E-state index contributed by atoms with van der Waals surface area (Å²) in [5, 5.41) is 2.64. The maximum absolute atomic E-state index is 14.9. The smallest absolute Gasteiger partial charge is 0.276 e. The van der Waals surface area contributed by atoms with Crippen molar-refractivity contribution in [2.24, 2.45) is 10.7 Å². The van der Waals surface area contributed by atoms with Gasteiger partial charge in [0, 0.05) is 7.05 Å². The number of aromatic nitrogens is 2. The number of likely N-dealkylation sites (N-methyl/N-ethyl adjacent to an activating group) is 1. The number of nitrogens with two attached hydrogens (primary N) is 1. The third-order valence-corrected chi connectivity index (χ3v) is 8.31. The van der Waals surface area contributed by atoms with Crippen LogP contribution in [0, 0.1) is 0 Å². The van der Waals surface area contributed by atoms with E-state index < -0.39 is 43.7 Å². The fourth-order valence-corrected chi connectivity index (χ4v) is 5.28. The third kappa shape index (κ3) is 3.87. The number of methoxy groups -OCH3 is 1. The standard InChI is InChI=1S/C19H25FN6O4S/c1-18(2)17(21)25-19(3,10-31(18,28)29)15-11(20)6-7-13(26(15)4)24-16(27)12-8-23-14(30-5)9-22-12/h6-9,15H,10H2,1-5H3,(H2,21,25)(H,24,27)/t15?,19-/m0/s1. The minimum absolute atomic E-state index is 0.0251. The molecular weight excluding hydrogens is 427 g/mol. The first-order chi connectivity index (χ1) is 14.3. The molecule has 2 atom stereocenters. The van der Waals surface area contributed by atoms with Crippen LogP contribution in [0.2, 0.25) is 0 Å². The maximum atomic E-state index is 14.9. The van der Waals surface area contributed by atoms with E-state index in [1.54, 1.807) is 0 Å². The normalized spacial score (nSPS) is 27.0. The van der Waals surface area contributed by atoms with Crippen molar-refractivity contribution >= 4 is 21.6 Å². The molecule has 1 aromatic heterocycles. The van der Waals surface area contributed by atoms with Gasteiger partial charge in [-0.15, -0.1) is 0 Å². The van der Waals surface area contributed by atoms with Crippen LogP contribution in [0.25, 0.3) is 0 Å². The molecule has 1 aromatic rings. The molecule has 0 saturated carbocycles. The Kier molecular flexibility index (Phi) is 5.55. The Labute approximate surface area is 180 Å². The first-order valence-corrected chi connectivity index (χ1v) is 11.0. The molecular formula is C19H25FN6O4S. The van der Waals surface area contributed by atoms with Gasteiger partial charge in [-0.05, 0) is 32.9 Å². The van der Waals surface area contributed by atoms with Crippen molar-refractivity contribution in [3.05, 3.63) is 41.9 Å². The van der Waals surface area contributed by atoms with Gasteiger partial charge < -0.3 is 20.7 Å². The predicted octanol–water partition coefficient (Wildman–Crippen LogP) is 0.547. The van der Waals surface area contributed by atoms with Gasteiger partial charge in [0.15, 0.2) is 9.84 Å². The van der Waals surface area contributed by atoms with Gasteiger partial charge in [0.25, 0.3) is 5.91 Å². The van der Waals surface area contributed by atoms with E-state index in [1.807, 2.05) is 0 Å². The summed E-state index contributed by atoms with van der Waals surface area (Å²) in [5.41, 5.74) is 4.60. The lowest BCUT2D eigenvalue weighted by Crippen LogP contribution is -2.62. The highest BCUT2D eigenvalue weighted by molar-refractivity contribution is 7.93. The predicted molar refractivity (Wildman–Crippen MR) is 113 cm³/mol. The molecule has 0 aliphatic carbocycles. The van der Waals surface area contributed by atoms with Crippen LogP contribution in [0.1, 0.15) is 31.3 Å². The lowest BCUT2D eigenvalue weighted by molar-refractivity contribution is 0.0934. The number of nitrogens with one attached hydrogen (secondary N) is 1. The Hall–Kier alpha value is -3.02. The molecule has 0 saturated heterocycles. The second-order valence-corrected chi connectivity index (χ2v) is 10.7. The molecule has 168 valence electrons. The molecule has 2 aliphatic heterocycles. The van der Waals surface area contributed by atoms with Crippen LogP contribution >= 0.6 is 0 Å². The van der Waals surface area contributed by atoms with Crippen LogP contribution < -0.4 is 15.8 Å². The highest BCUT2D eigenvalue weighted by Crippen LogP contribution is 2.38. The number of halogens is 1. The van der Waals surface area contributed by atoms with Crippen LogP contribution in [0.3, 0.4) is 0 Å². The molecule has 0 fully saturated rings. The monoisotopic (exact) mass is 452 g/mol. The van der Waals surface area contributed by atoms with E-state index in [1.165, 1.54) is 64.4 Å². The quantitative estimate of drug-likeness (QED) is 0.675. The molecule has 1 amide bonds. The number of nitrogens with zero attached hydrogens (tertiary/aromatic N) is 4. The summed E-state index contributed by atoms with van der Waals surface area (Å²) in [6.07, 6.45) is 5.08. The molecule has 0 bridgehead atoms. The van der Waals surface area contributed by atoms with Gasteiger partial charge in [-0.2, -0.15) is 0 Å². The van der Waals surface area contributed by atoms with Crippen molar-refractivity contribution in [1.29, 1.82) is 0 Å². The minimum atomic E-state index is -3.72. The molecule has 3 N–H and O–H groups in total. The van der Waals surface area contributed by atoms with Crippen molar-refractivity contribution < 1.29 is 22.3 Å². The fraction of sp³-hybridized carbons (Fsp3) is 0.474. The van der Waals surface area contributed by atoms with Crippen LogP contribution in [0.4, 0.5) is 4.39 Å². The number of carbonyl (C=O) groups is 1. The Balaban J connectivity index is 1.90. The lowest BCUT2D eigenvalue weighted by atomic mass is 9.90. The largest absolute Gasteiger partial charge is 0.480 e. The number of allylic oxidation sites excluding steroid dienone is 2. The summed E-state index contributed by atoms with van der Waals surface area (Å²) < 4.78 is 44.2. The van der Waals surface area contributed by atoms with Gasteiger partial charge in [0.2, 0.25) is 5.88 Å². The number of hydrogen-bond donors (Lipinski definition) is 2. The Morgan fingerprint density at radius 1 is 1.29 bits per heavy atom. The van der Waals surface area contributed by atoms with Crippen molar-refractivity contribution in [3.63, 3.8) is 0 Å². The van der Waals surface area contributed by atoms with Gasteiger partial charge in [0.1, 0.15) is 39.5 Å². The summed E-state index contributed by atoms with van der Waals surface area (Å²) in [4.78, 5) is 26.3. The summed E-state index contributed by atoms with van der Waals surface area (Å²) in [7, 11) is -0.758. The number of sulfone groups is 1. The van der Waals surface area contributed by atoms with E-state index in [9.17, 15) is 17.6 Å². The maximum Gasteiger partial charge on any atom is 0.276 e. The Morgan fingerprint density at radius 3 is 2.52 bits per heavy atom. The molecule has 0 aromatic carbocycles. The van der Waals surface area contributed by atoms with Gasteiger partial charge in [0.05, 0.1) is 25.3 Å². The van der Waals surface area contributed by atoms with Gasteiger partial charge in [-0.1, -0.05) is 0 Å². The van der Waals surface area contributed by atoms with Crippen LogP contribution in [0.15, 0.2) is 41.2 Å². The first kappa shape index (κ1) is 22.7.